The van der Waals surface area contributed by atoms with Gasteiger partial charge in [-0.05, 0) is 30.3 Å². The predicted molar refractivity (Wildman–Crippen MR) is 67.4 cm³/mol. The summed E-state index contributed by atoms with van der Waals surface area (Å²) < 4.78 is 5.08. The molecule has 0 unspecified atom stereocenters. The van der Waals surface area contributed by atoms with Gasteiger partial charge in [0.15, 0.2) is 0 Å². The van der Waals surface area contributed by atoms with E-state index in [9.17, 15) is 0 Å². The first-order chi connectivity index (χ1) is 7.33. The van der Waals surface area contributed by atoms with Gasteiger partial charge in [-0.2, -0.15) is 5.10 Å². The molecule has 1 N–H and O–H groups in total. The number of aromatic nitrogens is 2. The van der Waals surface area contributed by atoms with E-state index in [-0.39, 0.29) is 12.4 Å². The second kappa shape index (κ2) is 5.77. The van der Waals surface area contributed by atoms with Gasteiger partial charge in [-0.3, -0.25) is 5.10 Å². The van der Waals surface area contributed by atoms with Gasteiger partial charge in [0.2, 0.25) is 0 Å². The van der Waals surface area contributed by atoms with Crippen LogP contribution in [0.5, 0.6) is 5.75 Å². The number of halogens is 2. The summed E-state index contributed by atoms with van der Waals surface area (Å²) >= 11 is 5.68. The lowest BCUT2D eigenvalue weighted by Gasteiger charge is -1.99. The standard InChI is InChI=1S/C11H11ClN2O.ClH/c1-15-10-4-2-8(3-5-10)11-6-9(7-12)13-14-11;/h2-6H,7H2,1H3,(H,13,14);1H. The zero-order chi connectivity index (χ0) is 10.7. The number of H-pyrrole nitrogens is 1. The smallest absolute Gasteiger partial charge is 0.118 e. The number of rotatable bonds is 3. The van der Waals surface area contributed by atoms with Crippen molar-refractivity contribution in [2.75, 3.05) is 7.11 Å². The molecule has 0 radical (unpaired) electrons. The molecule has 0 bridgehead atoms. The molecule has 1 heterocycles. The van der Waals surface area contributed by atoms with Gasteiger partial charge in [0.1, 0.15) is 5.75 Å². The SMILES string of the molecule is COc1ccc(-c2cc(CCl)[nH]n2)cc1.Cl. The number of alkyl halides is 1. The minimum absolute atomic E-state index is 0. The van der Waals surface area contributed by atoms with Crippen LogP contribution in [0.3, 0.4) is 0 Å². The molecular formula is C11H12Cl2N2O. The number of ether oxygens (including phenoxy) is 1. The van der Waals surface area contributed by atoms with Crippen molar-refractivity contribution < 1.29 is 4.74 Å². The normalized spacial score (nSPS) is 9.62. The number of aromatic amines is 1. The highest BCUT2D eigenvalue weighted by molar-refractivity contribution is 6.16. The first-order valence-electron chi connectivity index (χ1n) is 4.58. The molecule has 0 aliphatic rings. The van der Waals surface area contributed by atoms with Crippen LogP contribution in [0.15, 0.2) is 30.3 Å². The highest BCUT2D eigenvalue weighted by atomic mass is 35.5. The van der Waals surface area contributed by atoms with Crippen LogP contribution in [-0.2, 0) is 5.88 Å². The maximum atomic E-state index is 5.68. The largest absolute Gasteiger partial charge is 0.497 e. The minimum atomic E-state index is 0. The molecule has 0 atom stereocenters. The monoisotopic (exact) mass is 258 g/mol. The molecule has 3 nitrogen and oxygen atoms in total. The van der Waals surface area contributed by atoms with E-state index in [4.69, 9.17) is 16.3 Å². The van der Waals surface area contributed by atoms with Crippen LogP contribution < -0.4 is 4.74 Å². The number of nitrogens with one attached hydrogen (secondary N) is 1. The summed E-state index contributed by atoms with van der Waals surface area (Å²) in [5.41, 5.74) is 2.86. The van der Waals surface area contributed by atoms with Gasteiger partial charge in [-0.25, -0.2) is 0 Å². The van der Waals surface area contributed by atoms with Crippen molar-refractivity contribution in [1.82, 2.24) is 10.2 Å². The van der Waals surface area contributed by atoms with Gasteiger partial charge in [-0.15, -0.1) is 24.0 Å². The average Bonchev–Trinajstić information content (AvgIpc) is 2.78. The lowest BCUT2D eigenvalue weighted by atomic mass is 10.1. The van der Waals surface area contributed by atoms with E-state index in [0.29, 0.717) is 5.88 Å². The fourth-order valence-corrected chi connectivity index (χ4v) is 1.48. The van der Waals surface area contributed by atoms with E-state index in [1.54, 1.807) is 7.11 Å². The van der Waals surface area contributed by atoms with Crippen LogP contribution in [0.2, 0.25) is 0 Å². The van der Waals surface area contributed by atoms with Crippen molar-refractivity contribution >= 4 is 24.0 Å². The summed E-state index contributed by atoms with van der Waals surface area (Å²) in [4.78, 5) is 0. The minimum Gasteiger partial charge on any atom is -0.497 e. The summed E-state index contributed by atoms with van der Waals surface area (Å²) in [5, 5.41) is 7.03. The molecule has 86 valence electrons. The van der Waals surface area contributed by atoms with E-state index in [1.165, 1.54) is 0 Å². The molecule has 1 aromatic heterocycles. The summed E-state index contributed by atoms with van der Waals surface area (Å²) in [5.74, 6) is 1.29. The maximum absolute atomic E-state index is 5.68. The van der Waals surface area contributed by atoms with Crippen LogP contribution in [0.1, 0.15) is 5.69 Å². The van der Waals surface area contributed by atoms with Crippen molar-refractivity contribution in [2.45, 2.75) is 5.88 Å². The number of hydrogen-bond donors (Lipinski definition) is 1. The topological polar surface area (TPSA) is 37.9 Å². The Bertz CT molecular complexity index is 440. The van der Waals surface area contributed by atoms with E-state index < -0.39 is 0 Å². The van der Waals surface area contributed by atoms with E-state index in [1.807, 2.05) is 30.3 Å². The quantitative estimate of drug-likeness (QED) is 0.859. The average molecular weight is 259 g/mol. The summed E-state index contributed by atoms with van der Waals surface area (Å²) in [6.07, 6.45) is 0. The van der Waals surface area contributed by atoms with Crippen LogP contribution in [-0.4, -0.2) is 17.3 Å². The van der Waals surface area contributed by atoms with Gasteiger partial charge in [0, 0.05) is 5.56 Å². The molecule has 0 saturated heterocycles. The molecule has 1 aromatic carbocycles. The Morgan fingerprint density at radius 1 is 1.31 bits per heavy atom. The van der Waals surface area contributed by atoms with Gasteiger partial charge in [0.05, 0.1) is 24.4 Å². The number of hydrogen-bond acceptors (Lipinski definition) is 2. The Labute approximate surface area is 105 Å². The maximum Gasteiger partial charge on any atom is 0.118 e. The molecule has 2 rings (SSSR count). The van der Waals surface area contributed by atoms with Crippen molar-refractivity contribution in [2.24, 2.45) is 0 Å². The molecule has 2 aromatic rings. The van der Waals surface area contributed by atoms with Crippen molar-refractivity contribution in [3.63, 3.8) is 0 Å². The molecule has 5 heteroatoms. The molecule has 0 aliphatic carbocycles. The third kappa shape index (κ3) is 2.68. The van der Waals surface area contributed by atoms with E-state index in [2.05, 4.69) is 10.2 Å². The summed E-state index contributed by atoms with van der Waals surface area (Å²) in [7, 11) is 1.65. The zero-order valence-corrected chi connectivity index (χ0v) is 10.3. The zero-order valence-electron chi connectivity index (χ0n) is 8.74. The van der Waals surface area contributed by atoms with Gasteiger partial charge < -0.3 is 4.74 Å². The number of benzene rings is 1. The first-order valence-corrected chi connectivity index (χ1v) is 5.11. The van der Waals surface area contributed by atoms with Crippen LogP contribution >= 0.6 is 24.0 Å². The Hall–Kier alpha value is -1.19. The Balaban J connectivity index is 0.00000128. The van der Waals surface area contributed by atoms with Crippen molar-refractivity contribution in [3.05, 3.63) is 36.0 Å². The predicted octanol–water partition coefficient (Wildman–Crippen LogP) is 3.25. The Morgan fingerprint density at radius 3 is 2.50 bits per heavy atom. The van der Waals surface area contributed by atoms with E-state index >= 15 is 0 Å². The molecule has 0 aliphatic heterocycles. The Morgan fingerprint density at radius 2 is 2.00 bits per heavy atom. The van der Waals surface area contributed by atoms with Crippen molar-refractivity contribution in [3.8, 4) is 17.0 Å². The van der Waals surface area contributed by atoms with Crippen LogP contribution in [0, 0.1) is 0 Å². The Kier molecular flexibility index (Phi) is 4.65. The van der Waals surface area contributed by atoms with Crippen LogP contribution in [0.25, 0.3) is 11.3 Å². The number of methoxy groups -OCH3 is 1. The first kappa shape index (κ1) is 12.9. The van der Waals surface area contributed by atoms with Gasteiger partial charge in [-0.1, -0.05) is 0 Å². The van der Waals surface area contributed by atoms with Crippen molar-refractivity contribution in [1.29, 1.82) is 0 Å². The van der Waals surface area contributed by atoms with Crippen LogP contribution in [0.4, 0.5) is 0 Å². The highest BCUT2D eigenvalue weighted by Crippen LogP contribution is 2.21. The third-order valence-corrected chi connectivity index (χ3v) is 2.45. The molecule has 0 amide bonds. The molecule has 0 saturated carbocycles. The molecule has 16 heavy (non-hydrogen) atoms. The lowest BCUT2D eigenvalue weighted by molar-refractivity contribution is 0.415. The lowest BCUT2D eigenvalue weighted by Crippen LogP contribution is -1.82. The second-order valence-electron chi connectivity index (χ2n) is 3.14. The van der Waals surface area contributed by atoms with Gasteiger partial charge in [0.25, 0.3) is 0 Å². The fourth-order valence-electron chi connectivity index (χ4n) is 1.34. The molecule has 0 spiro atoms. The fraction of sp³-hybridized carbons (Fsp3) is 0.182. The third-order valence-electron chi connectivity index (χ3n) is 2.16. The number of nitrogens with zero attached hydrogens (tertiary/aromatic N) is 1. The second-order valence-corrected chi connectivity index (χ2v) is 3.41. The molecular weight excluding hydrogens is 247 g/mol. The summed E-state index contributed by atoms with van der Waals surface area (Å²) in [6.45, 7) is 0. The van der Waals surface area contributed by atoms with E-state index in [0.717, 1.165) is 22.7 Å². The molecule has 0 fully saturated rings. The highest BCUT2D eigenvalue weighted by Gasteiger charge is 2.02. The summed E-state index contributed by atoms with van der Waals surface area (Å²) in [6, 6.07) is 9.68. The van der Waals surface area contributed by atoms with Gasteiger partial charge >= 0.3 is 0 Å².